The standard InChI is InChI=1S/C49H40N2/c1-31-17-22-34(23-18-31)50(35-24-19-32(20-25-35)33-21-27-38-37-11-6-7-13-41(37)48(2,3)44(38)29-33)36-26-28-45-40(30-36)39-12-10-15-43-47(39)51(45)46-16-9-8-14-42(46)49(43,4)5/h6-30H,1-5H3. The summed E-state index contributed by atoms with van der Waals surface area (Å²) in [5.41, 5.74) is 19.1. The second-order valence-corrected chi connectivity index (χ2v) is 15.5. The molecule has 0 fully saturated rings. The highest BCUT2D eigenvalue weighted by Crippen LogP contribution is 2.51. The number of para-hydroxylation sites is 2. The average Bonchev–Trinajstić information content (AvgIpc) is 3.60. The van der Waals surface area contributed by atoms with E-state index in [0.29, 0.717) is 0 Å². The van der Waals surface area contributed by atoms with E-state index in [9.17, 15) is 0 Å². The van der Waals surface area contributed by atoms with Crippen LogP contribution < -0.4 is 4.90 Å². The molecule has 0 saturated heterocycles. The Labute approximate surface area is 300 Å². The highest BCUT2D eigenvalue weighted by Gasteiger charge is 2.36. The summed E-state index contributed by atoms with van der Waals surface area (Å²) < 4.78 is 2.49. The van der Waals surface area contributed by atoms with Crippen LogP contribution in [0.3, 0.4) is 0 Å². The zero-order valence-corrected chi connectivity index (χ0v) is 29.8. The molecule has 0 radical (unpaired) electrons. The van der Waals surface area contributed by atoms with Gasteiger partial charge >= 0.3 is 0 Å². The van der Waals surface area contributed by atoms with Crippen molar-refractivity contribution in [3.63, 3.8) is 0 Å². The van der Waals surface area contributed by atoms with Crippen molar-refractivity contribution < 1.29 is 0 Å². The van der Waals surface area contributed by atoms with Gasteiger partial charge < -0.3 is 9.47 Å². The maximum absolute atomic E-state index is 2.49. The topological polar surface area (TPSA) is 8.17 Å². The van der Waals surface area contributed by atoms with Gasteiger partial charge in [-0.25, -0.2) is 0 Å². The van der Waals surface area contributed by atoms with Crippen LogP contribution in [0.1, 0.15) is 55.5 Å². The van der Waals surface area contributed by atoms with Crippen molar-refractivity contribution >= 4 is 38.9 Å². The second-order valence-electron chi connectivity index (χ2n) is 15.5. The summed E-state index contributed by atoms with van der Waals surface area (Å²) >= 11 is 0. The van der Waals surface area contributed by atoms with Gasteiger partial charge in [0.05, 0.1) is 16.7 Å². The third-order valence-electron chi connectivity index (χ3n) is 11.9. The first kappa shape index (κ1) is 30.0. The second kappa shape index (κ2) is 10.6. The first-order valence-corrected chi connectivity index (χ1v) is 18.1. The predicted molar refractivity (Wildman–Crippen MR) is 215 cm³/mol. The molecule has 0 amide bonds. The van der Waals surface area contributed by atoms with Crippen LogP contribution in [0.25, 0.3) is 49.7 Å². The lowest BCUT2D eigenvalue weighted by Crippen LogP contribution is -2.26. The summed E-state index contributed by atoms with van der Waals surface area (Å²) in [4.78, 5) is 2.40. The van der Waals surface area contributed by atoms with Gasteiger partial charge in [0.25, 0.3) is 0 Å². The fourth-order valence-corrected chi connectivity index (χ4v) is 9.12. The maximum atomic E-state index is 2.49. The molecule has 2 aliphatic rings. The van der Waals surface area contributed by atoms with Crippen LogP contribution >= 0.6 is 0 Å². The van der Waals surface area contributed by atoms with Crippen LogP contribution in [0.4, 0.5) is 17.1 Å². The molecule has 0 saturated carbocycles. The number of nitrogens with zero attached hydrogens (tertiary/aromatic N) is 2. The Morgan fingerprint density at radius 2 is 1.06 bits per heavy atom. The van der Waals surface area contributed by atoms with Gasteiger partial charge in [0.2, 0.25) is 0 Å². The molecule has 0 spiro atoms. The zero-order valence-electron chi connectivity index (χ0n) is 29.8. The van der Waals surface area contributed by atoms with Gasteiger partial charge in [0, 0.05) is 38.7 Å². The molecule has 0 atom stereocenters. The molecule has 2 nitrogen and oxygen atoms in total. The molecule has 2 heteroatoms. The number of hydrogen-bond acceptors (Lipinski definition) is 1. The summed E-state index contributed by atoms with van der Waals surface area (Å²) in [7, 11) is 0. The SMILES string of the molecule is Cc1ccc(N(c2ccc(-c3ccc4c(c3)C(C)(C)c3ccccc3-4)cc2)c2ccc3c(c2)c2cccc4c2n3-c2ccccc2C4(C)C)cc1. The lowest BCUT2D eigenvalue weighted by molar-refractivity contribution is 0.630. The van der Waals surface area contributed by atoms with Crippen molar-refractivity contribution in [3.05, 3.63) is 179 Å². The Kier molecular flexibility index (Phi) is 6.22. The third-order valence-corrected chi connectivity index (χ3v) is 11.9. The molecule has 246 valence electrons. The van der Waals surface area contributed by atoms with Crippen molar-refractivity contribution in [1.29, 1.82) is 0 Å². The minimum atomic E-state index is -0.0858. The number of anilines is 3. The molecule has 0 unspecified atom stereocenters. The number of benzene rings is 7. The fourth-order valence-electron chi connectivity index (χ4n) is 9.12. The summed E-state index contributed by atoms with van der Waals surface area (Å²) in [6.07, 6.45) is 0. The Bertz CT molecular complexity index is 2690. The molecule has 1 aliphatic carbocycles. The fraction of sp³-hybridized carbons (Fsp3) is 0.143. The predicted octanol–water partition coefficient (Wildman–Crippen LogP) is 13.2. The van der Waals surface area contributed by atoms with Crippen molar-refractivity contribution in [1.82, 2.24) is 4.57 Å². The van der Waals surface area contributed by atoms with E-state index in [-0.39, 0.29) is 10.8 Å². The van der Waals surface area contributed by atoms with Gasteiger partial charge in [0.1, 0.15) is 0 Å². The first-order chi connectivity index (χ1) is 24.7. The third kappa shape index (κ3) is 4.23. The van der Waals surface area contributed by atoms with Crippen LogP contribution in [-0.4, -0.2) is 4.57 Å². The monoisotopic (exact) mass is 656 g/mol. The number of aryl methyl sites for hydroxylation is 1. The van der Waals surface area contributed by atoms with E-state index in [1.807, 2.05) is 0 Å². The van der Waals surface area contributed by atoms with Crippen LogP contribution in [0.15, 0.2) is 152 Å². The van der Waals surface area contributed by atoms with Crippen LogP contribution in [0, 0.1) is 6.92 Å². The Morgan fingerprint density at radius 3 is 1.84 bits per heavy atom. The van der Waals surface area contributed by atoms with Crippen LogP contribution in [0.5, 0.6) is 0 Å². The minimum Gasteiger partial charge on any atom is -0.310 e. The number of hydrogen-bond donors (Lipinski definition) is 0. The van der Waals surface area contributed by atoms with Crippen molar-refractivity contribution in [3.8, 4) is 27.9 Å². The molecule has 7 aromatic carbocycles. The highest BCUT2D eigenvalue weighted by atomic mass is 15.1. The maximum Gasteiger partial charge on any atom is 0.0582 e. The van der Waals surface area contributed by atoms with Gasteiger partial charge in [-0.05, 0) is 106 Å². The van der Waals surface area contributed by atoms with Gasteiger partial charge in [-0.1, -0.05) is 130 Å². The smallest absolute Gasteiger partial charge is 0.0582 e. The summed E-state index contributed by atoms with van der Waals surface area (Å²) in [5, 5.41) is 2.57. The Hall–Kier alpha value is -5.86. The van der Waals surface area contributed by atoms with Gasteiger partial charge in [-0.15, -0.1) is 0 Å². The van der Waals surface area contributed by atoms with Crippen LogP contribution in [-0.2, 0) is 10.8 Å². The molecule has 10 rings (SSSR count). The van der Waals surface area contributed by atoms with Crippen molar-refractivity contribution in [2.75, 3.05) is 4.90 Å². The summed E-state index contributed by atoms with van der Waals surface area (Å²) in [5.74, 6) is 0. The number of fused-ring (bicyclic) bond motifs is 8. The van der Waals surface area contributed by atoms with E-state index in [1.54, 1.807) is 0 Å². The van der Waals surface area contributed by atoms with Crippen molar-refractivity contribution in [2.45, 2.75) is 45.4 Å². The molecular formula is C49H40N2. The zero-order chi connectivity index (χ0) is 34.6. The van der Waals surface area contributed by atoms with E-state index in [0.717, 1.165) is 17.1 Å². The molecule has 2 heterocycles. The average molecular weight is 657 g/mol. The highest BCUT2D eigenvalue weighted by molar-refractivity contribution is 6.12. The molecule has 0 bridgehead atoms. The molecular weight excluding hydrogens is 617 g/mol. The quantitative estimate of drug-likeness (QED) is 0.183. The van der Waals surface area contributed by atoms with E-state index >= 15 is 0 Å². The van der Waals surface area contributed by atoms with Gasteiger partial charge in [-0.3, -0.25) is 0 Å². The molecule has 51 heavy (non-hydrogen) atoms. The summed E-state index contributed by atoms with van der Waals surface area (Å²) in [6.45, 7) is 11.6. The van der Waals surface area contributed by atoms with Gasteiger partial charge in [-0.2, -0.15) is 0 Å². The van der Waals surface area contributed by atoms with Crippen molar-refractivity contribution in [2.24, 2.45) is 0 Å². The van der Waals surface area contributed by atoms with Gasteiger partial charge in [0.15, 0.2) is 0 Å². The first-order valence-electron chi connectivity index (χ1n) is 18.1. The summed E-state index contributed by atoms with van der Waals surface area (Å²) in [6, 6.07) is 56.7. The number of rotatable bonds is 4. The number of aromatic nitrogens is 1. The molecule has 8 aromatic rings. The van der Waals surface area contributed by atoms with E-state index in [4.69, 9.17) is 0 Å². The van der Waals surface area contributed by atoms with E-state index in [1.165, 1.54) is 77.6 Å². The Balaban J connectivity index is 1.11. The lowest BCUT2D eigenvalue weighted by Gasteiger charge is -2.34. The minimum absolute atomic E-state index is 0.0238. The molecule has 0 N–H and O–H groups in total. The molecule has 1 aromatic heterocycles. The Morgan fingerprint density at radius 1 is 0.451 bits per heavy atom. The molecule has 1 aliphatic heterocycles. The van der Waals surface area contributed by atoms with Crippen LogP contribution in [0.2, 0.25) is 0 Å². The van der Waals surface area contributed by atoms with E-state index < -0.39 is 0 Å². The lowest BCUT2D eigenvalue weighted by atomic mass is 9.75. The normalized spacial score (nSPS) is 14.7. The largest absolute Gasteiger partial charge is 0.310 e. The van der Waals surface area contributed by atoms with E-state index in [2.05, 4.69) is 196 Å².